The van der Waals surface area contributed by atoms with E-state index in [1.165, 1.54) is 26.5 Å². The first-order chi connectivity index (χ1) is 15.0. The standard InChI is InChI=1S/C22H18ClIN6O/c23-14-3-4-16-19-20(24)17(30(16)21(14)19)9-28-5-6-29(18(31)10-28)8-12-1-2-13-15(7-12)26-11-27-22(13)25/h1-4,7,11H,5-6,8-10H2,(H2,25,26,27). The number of fused-ring (bicyclic) bond motifs is 2. The Bertz CT molecular complexity index is 1450. The van der Waals surface area contributed by atoms with Gasteiger partial charge < -0.3 is 15.0 Å². The molecule has 4 bridgehead atoms. The predicted octanol–water partition coefficient (Wildman–Crippen LogP) is 3.60. The first-order valence-electron chi connectivity index (χ1n) is 10.0. The van der Waals surface area contributed by atoms with E-state index in [1.54, 1.807) is 0 Å². The van der Waals surface area contributed by atoms with Crippen LogP contribution in [0.3, 0.4) is 0 Å². The molecule has 9 heteroatoms. The van der Waals surface area contributed by atoms with Gasteiger partial charge in [-0.15, -0.1) is 0 Å². The molecule has 1 saturated heterocycles. The van der Waals surface area contributed by atoms with E-state index in [1.807, 2.05) is 29.2 Å². The third-order valence-electron chi connectivity index (χ3n) is 6.19. The highest BCUT2D eigenvalue weighted by atomic mass is 127. The van der Waals surface area contributed by atoms with Gasteiger partial charge in [0.25, 0.3) is 0 Å². The summed E-state index contributed by atoms with van der Waals surface area (Å²) in [5, 5.41) is 2.88. The van der Waals surface area contributed by atoms with Gasteiger partial charge in [-0.2, -0.15) is 0 Å². The number of hydrogen-bond donors (Lipinski definition) is 1. The van der Waals surface area contributed by atoms with Crippen LogP contribution >= 0.6 is 34.2 Å². The maximum atomic E-state index is 12.9. The van der Waals surface area contributed by atoms with Crippen LogP contribution in [0.5, 0.6) is 0 Å². The molecule has 0 aliphatic carbocycles. The lowest BCUT2D eigenvalue weighted by molar-refractivity contribution is -0.136. The van der Waals surface area contributed by atoms with Crippen LogP contribution in [0.15, 0.2) is 36.7 Å². The number of pyridine rings is 1. The molecule has 6 aromatic rings. The Morgan fingerprint density at radius 2 is 2.00 bits per heavy atom. The summed E-state index contributed by atoms with van der Waals surface area (Å²) in [4.78, 5) is 25.3. The van der Waals surface area contributed by atoms with Gasteiger partial charge in [-0.3, -0.25) is 9.69 Å². The summed E-state index contributed by atoms with van der Waals surface area (Å²) in [6.07, 6.45) is 1.47. The predicted molar refractivity (Wildman–Crippen MR) is 130 cm³/mol. The summed E-state index contributed by atoms with van der Waals surface area (Å²) in [7, 11) is 0. The monoisotopic (exact) mass is 544 g/mol. The van der Waals surface area contributed by atoms with Crippen LogP contribution in [-0.2, 0) is 17.9 Å². The quantitative estimate of drug-likeness (QED) is 0.350. The second-order valence-electron chi connectivity index (χ2n) is 8.02. The van der Waals surface area contributed by atoms with Crippen LogP contribution < -0.4 is 5.73 Å². The zero-order chi connectivity index (χ0) is 21.3. The van der Waals surface area contributed by atoms with Crippen LogP contribution in [0.2, 0.25) is 5.02 Å². The molecule has 0 spiro atoms. The maximum absolute atomic E-state index is 12.9. The van der Waals surface area contributed by atoms with Gasteiger partial charge in [0.2, 0.25) is 5.91 Å². The Kier molecular flexibility index (Phi) is 4.38. The maximum Gasteiger partial charge on any atom is 0.237 e. The fraction of sp³-hybridized carbons (Fsp3) is 0.227. The number of carbonyl (C=O) groups excluding carboxylic acids is 1. The number of nitrogens with two attached hydrogens (primary N) is 1. The second-order valence-corrected chi connectivity index (χ2v) is 9.51. The summed E-state index contributed by atoms with van der Waals surface area (Å²) >= 11 is 8.77. The highest BCUT2D eigenvalue weighted by Gasteiger charge is 2.29. The molecule has 2 aromatic carbocycles. The van der Waals surface area contributed by atoms with Crippen LogP contribution in [0.25, 0.3) is 27.3 Å². The molecular formula is C22H18ClIN6O. The summed E-state index contributed by atoms with van der Waals surface area (Å²) in [5.74, 6) is 0.612. The molecule has 7 rings (SSSR count). The van der Waals surface area contributed by atoms with Gasteiger partial charge >= 0.3 is 0 Å². The average molecular weight is 545 g/mol. The fourth-order valence-electron chi connectivity index (χ4n) is 4.62. The number of piperazine rings is 1. The molecule has 2 N–H and O–H groups in total. The van der Waals surface area contributed by atoms with Crippen molar-refractivity contribution in [2.45, 2.75) is 13.1 Å². The Hall–Kier alpha value is -2.43. The van der Waals surface area contributed by atoms with Gasteiger partial charge in [0.15, 0.2) is 0 Å². The van der Waals surface area contributed by atoms with Gasteiger partial charge in [0, 0.05) is 40.5 Å². The van der Waals surface area contributed by atoms with Crippen molar-refractivity contribution in [2.75, 3.05) is 25.4 Å². The van der Waals surface area contributed by atoms with E-state index in [0.29, 0.717) is 25.5 Å². The first kappa shape index (κ1) is 19.3. The highest BCUT2D eigenvalue weighted by molar-refractivity contribution is 14.1. The van der Waals surface area contributed by atoms with Crippen LogP contribution in [0, 0.1) is 3.57 Å². The van der Waals surface area contributed by atoms with E-state index in [0.717, 1.165) is 40.1 Å². The normalized spacial score (nSPS) is 15.9. The number of anilines is 1. The van der Waals surface area contributed by atoms with E-state index < -0.39 is 0 Å². The lowest BCUT2D eigenvalue weighted by Gasteiger charge is -2.34. The van der Waals surface area contributed by atoms with Gasteiger partial charge in [-0.25, -0.2) is 9.97 Å². The minimum atomic E-state index is 0.141. The SMILES string of the molecule is Nc1ncnc2cc(CN3CCN(Cc4c(I)c5c6ccc(Cl)c5n46)CC3=O)ccc12. The van der Waals surface area contributed by atoms with E-state index in [4.69, 9.17) is 17.3 Å². The summed E-state index contributed by atoms with van der Waals surface area (Å²) in [6, 6.07) is 9.93. The van der Waals surface area contributed by atoms with Gasteiger partial charge in [0.1, 0.15) is 12.1 Å². The Labute approximate surface area is 196 Å². The molecule has 0 saturated carbocycles. The van der Waals surface area contributed by atoms with Crippen molar-refractivity contribution in [3.63, 3.8) is 0 Å². The molecular weight excluding hydrogens is 527 g/mol. The Morgan fingerprint density at radius 3 is 2.77 bits per heavy atom. The zero-order valence-corrected chi connectivity index (χ0v) is 19.4. The number of halogens is 2. The Morgan fingerprint density at radius 1 is 1.13 bits per heavy atom. The largest absolute Gasteiger partial charge is 0.383 e. The summed E-state index contributed by atoms with van der Waals surface area (Å²) in [6.45, 7) is 3.27. The van der Waals surface area contributed by atoms with Crippen molar-refractivity contribution < 1.29 is 4.79 Å². The molecule has 156 valence electrons. The first-order valence-corrected chi connectivity index (χ1v) is 11.5. The highest BCUT2D eigenvalue weighted by Crippen LogP contribution is 2.42. The number of nitrogens with zero attached hydrogens (tertiary/aromatic N) is 5. The molecule has 0 atom stereocenters. The average Bonchev–Trinajstić information content (AvgIpc) is 3.19. The smallest absolute Gasteiger partial charge is 0.237 e. The number of nitrogen functional groups attached to an aromatic ring is 1. The molecule has 1 aliphatic heterocycles. The number of hydrogen-bond acceptors (Lipinski definition) is 5. The van der Waals surface area contributed by atoms with Gasteiger partial charge in [0.05, 0.1) is 33.8 Å². The number of aromatic nitrogens is 3. The van der Waals surface area contributed by atoms with Crippen molar-refractivity contribution >= 4 is 73.2 Å². The van der Waals surface area contributed by atoms with Crippen molar-refractivity contribution in [3.05, 3.63) is 56.5 Å². The van der Waals surface area contributed by atoms with E-state index in [2.05, 4.69) is 47.9 Å². The minimum Gasteiger partial charge on any atom is -0.383 e. The summed E-state index contributed by atoms with van der Waals surface area (Å²) in [5.41, 5.74) is 11.3. The van der Waals surface area contributed by atoms with Crippen LogP contribution in [-0.4, -0.2) is 49.7 Å². The molecule has 5 heterocycles. The number of benzene rings is 2. The van der Waals surface area contributed by atoms with Crippen molar-refractivity contribution in [1.29, 1.82) is 0 Å². The van der Waals surface area contributed by atoms with Gasteiger partial charge in [-0.05, 0) is 52.4 Å². The number of amides is 1. The lowest BCUT2D eigenvalue weighted by Crippen LogP contribution is -2.49. The van der Waals surface area contributed by atoms with Crippen molar-refractivity contribution in [2.24, 2.45) is 0 Å². The lowest BCUT2D eigenvalue weighted by atomic mass is 10.1. The number of rotatable bonds is 4. The molecule has 4 aromatic heterocycles. The third-order valence-corrected chi connectivity index (χ3v) is 7.66. The third kappa shape index (κ3) is 2.92. The summed E-state index contributed by atoms with van der Waals surface area (Å²) < 4.78 is 3.48. The van der Waals surface area contributed by atoms with Crippen LogP contribution in [0.4, 0.5) is 5.82 Å². The zero-order valence-electron chi connectivity index (χ0n) is 16.5. The fourth-order valence-corrected chi connectivity index (χ4v) is 5.81. The van der Waals surface area contributed by atoms with Gasteiger partial charge in [-0.1, -0.05) is 17.7 Å². The van der Waals surface area contributed by atoms with Crippen molar-refractivity contribution in [1.82, 2.24) is 24.2 Å². The molecule has 1 aliphatic rings. The molecule has 1 fully saturated rings. The topological polar surface area (TPSA) is 79.8 Å². The number of carbonyl (C=O) groups is 1. The van der Waals surface area contributed by atoms with E-state index in [-0.39, 0.29) is 5.91 Å². The molecule has 1 amide bonds. The van der Waals surface area contributed by atoms with Crippen molar-refractivity contribution in [3.8, 4) is 0 Å². The Balaban J connectivity index is 1.16. The minimum absolute atomic E-state index is 0.141. The van der Waals surface area contributed by atoms with Crippen LogP contribution in [0.1, 0.15) is 11.3 Å². The molecule has 7 nitrogen and oxygen atoms in total. The van der Waals surface area contributed by atoms with E-state index >= 15 is 0 Å². The second kappa shape index (κ2) is 7.04. The molecule has 0 radical (unpaired) electrons. The van der Waals surface area contributed by atoms with E-state index in [9.17, 15) is 4.79 Å². The molecule has 31 heavy (non-hydrogen) atoms. The molecule has 0 unspecified atom stereocenters.